The molecule has 1 amide bonds. The molecule has 0 aliphatic carbocycles. The average Bonchev–Trinajstić information content (AvgIpc) is 3.14. The van der Waals surface area contributed by atoms with Crippen LogP contribution in [0, 0.1) is 0 Å². The van der Waals surface area contributed by atoms with Crippen molar-refractivity contribution in [3.8, 4) is 0 Å². The number of anilines is 1. The van der Waals surface area contributed by atoms with E-state index in [1.165, 1.54) is 6.07 Å². The molecule has 0 bridgehead atoms. The second kappa shape index (κ2) is 8.98. The summed E-state index contributed by atoms with van der Waals surface area (Å²) >= 11 is 0. The minimum absolute atomic E-state index is 0.148. The second-order valence-corrected chi connectivity index (χ2v) is 6.79. The molecule has 2 aromatic carbocycles. The Bertz CT molecular complexity index is 878. The molecule has 0 radical (unpaired) electrons. The number of aliphatic imine (C=N–C) groups is 1. The van der Waals surface area contributed by atoms with E-state index < -0.39 is 11.7 Å². The van der Waals surface area contributed by atoms with Gasteiger partial charge in [0.25, 0.3) is 0 Å². The Morgan fingerprint density at radius 3 is 2.34 bits per heavy atom. The van der Waals surface area contributed by atoms with Gasteiger partial charge in [0.15, 0.2) is 5.96 Å². The molecule has 1 fully saturated rings. The number of carbonyl (C=O) groups is 1. The van der Waals surface area contributed by atoms with Gasteiger partial charge in [0.2, 0.25) is 5.91 Å². The van der Waals surface area contributed by atoms with Crippen molar-refractivity contribution in [2.24, 2.45) is 4.99 Å². The molecule has 5 nitrogen and oxygen atoms in total. The van der Waals surface area contributed by atoms with Crippen LogP contribution in [0.2, 0.25) is 0 Å². The first-order valence-electron chi connectivity index (χ1n) is 9.37. The number of halogens is 3. The third kappa shape index (κ3) is 5.49. The number of nitrogens with zero attached hydrogens (tertiary/aromatic N) is 2. The zero-order chi connectivity index (χ0) is 20.9. The molecule has 29 heavy (non-hydrogen) atoms. The lowest BCUT2D eigenvalue weighted by Gasteiger charge is -2.16. The van der Waals surface area contributed by atoms with E-state index >= 15 is 0 Å². The fraction of sp³-hybridized carbons (Fsp3) is 0.333. The third-order valence-corrected chi connectivity index (χ3v) is 4.72. The van der Waals surface area contributed by atoms with Crippen LogP contribution in [0.3, 0.4) is 0 Å². The third-order valence-electron chi connectivity index (χ3n) is 4.72. The summed E-state index contributed by atoms with van der Waals surface area (Å²) in [5.74, 6) is 0.635. The molecule has 8 heteroatoms. The van der Waals surface area contributed by atoms with Crippen molar-refractivity contribution in [3.63, 3.8) is 0 Å². The van der Waals surface area contributed by atoms with Gasteiger partial charge in [-0.1, -0.05) is 24.3 Å². The molecule has 1 aliphatic heterocycles. The predicted octanol–water partition coefficient (Wildman–Crippen LogP) is 3.70. The SMILES string of the molecule is CN=C(NCc1ccc(N2CCCC2=O)cc1)NCc1cccc(C(F)(F)F)c1. The highest BCUT2D eigenvalue weighted by Crippen LogP contribution is 2.29. The van der Waals surface area contributed by atoms with Crippen LogP contribution >= 0.6 is 0 Å². The number of carbonyl (C=O) groups excluding carboxylic acids is 1. The summed E-state index contributed by atoms with van der Waals surface area (Å²) in [4.78, 5) is 17.7. The van der Waals surface area contributed by atoms with Gasteiger partial charge in [0.05, 0.1) is 5.56 Å². The van der Waals surface area contributed by atoms with Gasteiger partial charge < -0.3 is 15.5 Å². The monoisotopic (exact) mass is 404 g/mol. The fourth-order valence-corrected chi connectivity index (χ4v) is 3.16. The van der Waals surface area contributed by atoms with E-state index in [2.05, 4.69) is 15.6 Å². The number of rotatable bonds is 5. The number of guanidine groups is 1. The van der Waals surface area contributed by atoms with Gasteiger partial charge in [-0.15, -0.1) is 0 Å². The van der Waals surface area contributed by atoms with Crippen molar-refractivity contribution in [1.82, 2.24) is 10.6 Å². The van der Waals surface area contributed by atoms with E-state index in [4.69, 9.17) is 0 Å². The zero-order valence-corrected chi connectivity index (χ0v) is 16.1. The van der Waals surface area contributed by atoms with Gasteiger partial charge in [0.1, 0.15) is 0 Å². The molecule has 1 heterocycles. The second-order valence-electron chi connectivity index (χ2n) is 6.79. The topological polar surface area (TPSA) is 56.7 Å². The highest BCUT2D eigenvalue weighted by molar-refractivity contribution is 5.95. The molecule has 3 rings (SSSR count). The van der Waals surface area contributed by atoms with Crippen LogP contribution in [0.5, 0.6) is 0 Å². The van der Waals surface area contributed by atoms with Gasteiger partial charge in [0, 0.05) is 38.8 Å². The van der Waals surface area contributed by atoms with Crippen molar-refractivity contribution in [2.75, 3.05) is 18.5 Å². The lowest BCUT2D eigenvalue weighted by atomic mass is 10.1. The summed E-state index contributed by atoms with van der Waals surface area (Å²) in [6.07, 6.45) is -2.88. The fourth-order valence-electron chi connectivity index (χ4n) is 3.16. The van der Waals surface area contributed by atoms with E-state index in [9.17, 15) is 18.0 Å². The summed E-state index contributed by atoms with van der Waals surface area (Å²) in [6.45, 7) is 1.47. The van der Waals surface area contributed by atoms with Gasteiger partial charge in [-0.3, -0.25) is 9.79 Å². The summed E-state index contributed by atoms with van der Waals surface area (Å²) < 4.78 is 38.4. The van der Waals surface area contributed by atoms with E-state index in [0.29, 0.717) is 24.5 Å². The smallest absolute Gasteiger partial charge is 0.352 e. The Labute approximate surface area is 167 Å². The molecule has 0 unspecified atom stereocenters. The Balaban J connectivity index is 1.52. The molecule has 1 saturated heterocycles. The Morgan fingerprint density at radius 2 is 1.76 bits per heavy atom. The predicted molar refractivity (Wildman–Crippen MR) is 107 cm³/mol. The van der Waals surface area contributed by atoms with E-state index in [1.54, 1.807) is 18.0 Å². The minimum atomic E-state index is -4.36. The maximum absolute atomic E-state index is 12.8. The quantitative estimate of drug-likeness (QED) is 0.590. The van der Waals surface area contributed by atoms with Crippen molar-refractivity contribution >= 4 is 17.6 Å². The van der Waals surface area contributed by atoms with Gasteiger partial charge >= 0.3 is 6.18 Å². The van der Waals surface area contributed by atoms with Crippen LogP contribution in [0.4, 0.5) is 18.9 Å². The molecule has 0 atom stereocenters. The molecule has 2 aromatic rings. The molecular formula is C21H23F3N4O. The van der Waals surface area contributed by atoms with Crippen LogP contribution < -0.4 is 15.5 Å². The molecular weight excluding hydrogens is 381 g/mol. The number of hydrogen-bond donors (Lipinski definition) is 2. The summed E-state index contributed by atoms with van der Waals surface area (Å²) in [5, 5.41) is 6.15. The van der Waals surface area contributed by atoms with Gasteiger partial charge in [-0.05, 0) is 41.8 Å². The molecule has 0 aromatic heterocycles. The van der Waals surface area contributed by atoms with Crippen LogP contribution in [-0.2, 0) is 24.1 Å². The van der Waals surface area contributed by atoms with E-state index in [0.717, 1.165) is 36.3 Å². The van der Waals surface area contributed by atoms with Crippen LogP contribution in [0.1, 0.15) is 29.5 Å². The highest BCUT2D eigenvalue weighted by atomic mass is 19.4. The van der Waals surface area contributed by atoms with Crippen LogP contribution in [0.15, 0.2) is 53.5 Å². The lowest BCUT2D eigenvalue weighted by molar-refractivity contribution is -0.137. The molecule has 0 spiro atoms. The number of alkyl halides is 3. The standard InChI is InChI=1S/C21H23F3N4O/c1-25-20(27-14-16-4-2-5-17(12-16)21(22,23)24)26-13-15-7-9-18(10-8-15)28-11-3-6-19(28)29/h2,4-5,7-10,12H,3,6,11,13-14H2,1H3,(H2,25,26,27). The van der Waals surface area contributed by atoms with Crippen LogP contribution in [0.25, 0.3) is 0 Å². The van der Waals surface area contributed by atoms with Crippen molar-refractivity contribution in [3.05, 3.63) is 65.2 Å². The number of hydrogen-bond acceptors (Lipinski definition) is 2. The van der Waals surface area contributed by atoms with Gasteiger partial charge in [-0.25, -0.2) is 0 Å². The van der Waals surface area contributed by atoms with Crippen molar-refractivity contribution in [2.45, 2.75) is 32.1 Å². The first kappa shape index (κ1) is 20.7. The molecule has 0 saturated carbocycles. The minimum Gasteiger partial charge on any atom is -0.352 e. The summed E-state index contributed by atoms with van der Waals surface area (Å²) in [6, 6.07) is 12.9. The number of benzene rings is 2. The Kier molecular flexibility index (Phi) is 6.41. The van der Waals surface area contributed by atoms with Crippen LogP contribution in [-0.4, -0.2) is 25.5 Å². The summed E-state index contributed by atoms with van der Waals surface area (Å²) in [5.41, 5.74) is 1.74. The van der Waals surface area contributed by atoms with E-state index in [-0.39, 0.29) is 12.5 Å². The zero-order valence-electron chi connectivity index (χ0n) is 16.1. The first-order valence-corrected chi connectivity index (χ1v) is 9.37. The highest BCUT2D eigenvalue weighted by Gasteiger charge is 2.30. The molecule has 154 valence electrons. The lowest BCUT2D eigenvalue weighted by Crippen LogP contribution is -2.36. The van der Waals surface area contributed by atoms with Gasteiger partial charge in [-0.2, -0.15) is 13.2 Å². The average molecular weight is 404 g/mol. The van der Waals surface area contributed by atoms with Crippen molar-refractivity contribution in [1.29, 1.82) is 0 Å². The van der Waals surface area contributed by atoms with Crippen molar-refractivity contribution < 1.29 is 18.0 Å². The largest absolute Gasteiger partial charge is 0.416 e. The normalized spacial score (nSPS) is 15.0. The number of amides is 1. The maximum atomic E-state index is 12.8. The Morgan fingerprint density at radius 1 is 1.07 bits per heavy atom. The maximum Gasteiger partial charge on any atom is 0.416 e. The molecule has 2 N–H and O–H groups in total. The number of nitrogens with one attached hydrogen (secondary N) is 2. The molecule has 1 aliphatic rings. The first-order chi connectivity index (χ1) is 13.9. The Hall–Kier alpha value is -3.03. The summed E-state index contributed by atoms with van der Waals surface area (Å²) in [7, 11) is 1.60. The van der Waals surface area contributed by atoms with E-state index in [1.807, 2.05) is 24.3 Å².